The predicted molar refractivity (Wildman–Crippen MR) is 61.0 cm³/mol. The van der Waals surface area contributed by atoms with Crippen molar-refractivity contribution < 1.29 is 28.9 Å². The maximum atomic E-state index is 13.4. The largest absolute Gasteiger partial charge is 0.494 e. The summed E-state index contributed by atoms with van der Waals surface area (Å²) in [5, 5.41) is 17.6. The highest BCUT2D eigenvalue weighted by atomic mass is 19.1. The van der Waals surface area contributed by atoms with E-state index in [0.717, 1.165) is 6.07 Å². The zero-order valence-electron chi connectivity index (χ0n) is 9.93. The van der Waals surface area contributed by atoms with Gasteiger partial charge in [-0.25, -0.2) is 9.18 Å². The molecule has 1 aromatic carbocycles. The molecule has 0 spiro atoms. The van der Waals surface area contributed by atoms with Crippen LogP contribution >= 0.6 is 0 Å². The van der Waals surface area contributed by atoms with E-state index in [-0.39, 0.29) is 24.5 Å². The summed E-state index contributed by atoms with van der Waals surface area (Å²) in [6, 6.07) is 3.84. The van der Waals surface area contributed by atoms with Crippen molar-refractivity contribution in [2.75, 3.05) is 20.3 Å². The van der Waals surface area contributed by atoms with Gasteiger partial charge in [0.2, 0.25) is 0 Å². The summed E-state index contributed by atoms with van der Waals surface area (Å²) in [4.78, 5) is 11.0. The molecule has 100 valence electrons. The average molecular weight is 258 g/mol. The summed E-state index contributed by atoms with van der Waals surface area (Å²) in [5.41, 5.74) is 0.193. The highest BCUT2D eigenvalue weighted by Crippen LogP contribution is 2.24. The number of carboxylic acid groups (broad SMARTS) is 1. The second-order valence-corrected chi connectivity index (χ2v) is 3.56. The molecule has 0 radical (unpaired) electrons. The number of methoxy groups -OCH3 is 1. The lowest BCUT2D eigenvalue weighted by atomic mass is 10.1. The zero-order valence-corrected chi connectivity index (χ0v) is 9.93. The number of carboxylic acids is 1. The summed E-state index contributed by atoms with van der Waals surface area (Å²) >= 11 is 0. The quantitative estimate of drug-likeness (QED) is 0.722. The van der Waals surface area contributed by atoms with Gasteiger partial charge >= 0.3 is 5.97 Å². The van der Waals surface area contributed by atoms with Crippen molar-refractivity contribution in [1.82, 2.24) is 0 Å². The smallest absolute Gasteiger partial charge is 0.337 e. The van der Waals surface area contributed by atoms with Crippen LogP contribution in [0.1, 0.15) is 18.1 Å². The van der Waals surface area contributed by atoms with Gasteiger partial charge in [0.25, 0.3) is 0 Å². The molecule has 0 aliphatic rings. The van der Waals surface area contributed by atoms with Crippen LogP contribution in [-0.4, -0.2) is 36.5 Å². The van der Waals surface area contributed by atoms with Crippen molar-refractivity contribution in [2.45, 2.75) is 12.5 Å². The molecular weight excluding hydrogens is 243 g/mol. The van der Waals surface area contributed by atoms with Crippen LogP contribution < -0.4 is 4.74 Å². The third kappa shape index (κ3) is 3.68. The predicted octanol–water partition coefficient (Wildman–Crippen LogP) is 1.36. The summed E-state index contributed by atoms with van der Waals surface area (Å²) in [6.45, 7) is -0.00950. The first-order valence-electron chi connectivity index (χ1n) is 5.39. The Bertz CT molecular complexity index is 407. The Morgan fingerprint density at radius 1 is 1.50 bits per heavy atom. The third-order valence-corrected chi connectivity index (χ3v) is 2.29. The molecule has 0 saturated heterocycles. The number of aliphatic hydroxyl groups excluding tert-OH is 1. The van der Waals surface area contributed by atoms with Crippen molar-refractivity contribution in [1.29, 1.82) is 0 Å². The van der Waals surface area contributed by atoms with E-state index in [0.29, 0.717) is 6.42 Å². The minimum atomic E-state index is -1.25. The fourth-order valence-electron chi connectivity index (χ4n) is 1.42. The third-order valence-electron chi connectivity index (χ3n) is 2.29. The second-order valence-electron chi connectivity index (χ2n) is 3.56. The van der Waals surface area contributed by atoms with E-state index in [9.17, 15) is 9.18 Å². The molecule has 1 unspecified atom stereocenters. The van der Waals surface area contributed by atoms with E-state index in [1.807, 2.05) is 0 Å². The van der Waals surface area contributed by atoms with Crippen LogP contribution in [0.5, 0.6) is 5.75 Å². The molecule has 0 saturated carbocycles. The van der Waals surface area contributed by atoms with Gasteiger partial charge < -0.3 is 19.7 Å². The highest BCUT2D eigenvalue weighted by Gasteiger charge is 2.21. The molecule has 0 bridgehead atoms. The molecule has 1 rings (SSSR count). The maximum Gasteiger partial charge on any atom is 0.337 e. The van der Waals surface area contributed by atoms with E-state index in [1.165, 1.54) is 19.2 Å². The number of carbonyl (C=O) groups is 1. The van der Waals surface area contributed by atoms with Gasteiger partial charge in [0.15, 0.2) is 17.7 Å². The molecule has 5 nitrogen and oxygen atoms in total. The van der Waals surface area contributed by atoms with Crippen molar-refractivity contribution >= 4 is 5.97 Å². The minimum Gasteiger partial charge on any atom is -0.494 e. The molecule has 0 aromatic heterocycles. The summed E-state index contributed by atoms with van der Waals surface area (Å²) < 4.78 is 23.3. The van der Waals surface area contributed by atoms with Crippen LogP contribution in [0, 0.1) is 5.82 Å². The van der Waals surface area contributed by atoms with Crippen molar-refractivity contribution in [3.63, 3.8) is 0 Å². The Balaban J connectivity index is 2.85. The van der Waals surface area contributed by atoms with Crippen molar-refractivity contribution in [3.05, 3.63) is 29.6 Å². The number of hydrogen-bond acceptors (Lipinski definition) is 4. The van der Waals surface area contributed by atoms with Crippen LogP contribution in [0.4, 0.5) is 4.39 Å². The lowest BCUT2D eigenvalue weighted by Gasteiger charge is -2.14. The summed E-state index contributed by atoms with van der Waals surface area (Å²) in [5.74, 6) is -1.82. The molecule has 6 heteroatoms. The number of aliphatic hydroxyl groups is 1. The fourth-order valence-corrected chi connectivity index (χ4v) is 1.42. The number of hydrogen-bond donors (Lipinski definition) is 2. The van der Waals surface area contributed by atoms with E-state index in [4.69, 9.17) is 19.7 Å². The molecule has 1 aromatic rings. The second kappa shape index (κ2) is 6.93. The highest BCUT2D eigenvalue weighted by molar-refractivity contribution is 5.74. The standard InChI is InChI=1S/C12H15FO5/c1-17-10-4-3-8(7-9(10)13)11(12(15)16)18-6-2-5-14/h3-4,7,11,14H,2,5-6H2,1H3,(H,15,16). The summed E-state index contributed by atoms with van der Waals surface area (Å²) in [6.07, 6.45) is -0.931. The Labute approximate surface area is 104 Å². The molecule has 0 heterocycles. The van der Waals surface area contributed by atoms with Crippen molar-refractivity contribution in [3.8, 4) is 5.75 Å². The van der Waals surface area contributed by atoms with Crippen molar-refractivity contribution in [2.24, 2.45) is 0 Å². The topological polar surface area (TPSA) is 76.0 Å². The van der Waals surface area contributed by atoms with Crippen LogP contribution in [0.15, 0.2) is 18.2 Å². The Kier molecular flexibility index (Phi) is 5.54. The van der Waals surface area contributed by atoms with E-state index in [2.05, 4.69) is 0 Å². The molecule has 18 heavy (non-hydrogen) atoms. The summed E-state index contributed by atoms with van der Waals surface area (Å²) in [7, 11) is 1.32. The molecule has 1 atom stereocenters. The van der Waals surface area contributed by atoms with Crippen LogP contribution in [0.2, 0.25) is 0 Å². The Hall–Kier alpha value is -1.66. The van der Waals surface area contributed by atoms with E-state index < -0.39 is 17.9 Å². The van der Waals surface area contributed by atoms with Gasteiger partial charge in [-0.3, -0.25) is 0 Å². The van der Waals surface area contributed by atoms with Crippen LogP contribution in [0.3, 0.4) is 0 Å². The fraction of sp³-hybridized carbons (Fsp3) is 0.417. The average Bonchev–Trinajstić information content (AvgIpc) is 2.34. The molecule has 0 fully saturated rings. The van der Waals surface area contributed by atoms with Gasteiger partial charge in [-0.05, 0) is 24.1 Å². The molecule has 0 aliphatic heterocycles. The van der Waals surface area contributed by atoms with Gasteiger partial charge in [-0.15, -0.1) is 0 Å². The minimum absolute atomic E-state index is 0.0400. The lowest BCUT2D eigenvalue weighted by molar-refractivity contribution is -0.151. The Morgan fingerprint density at radius 3 is 2.72 bits per heavy atom. The zero-order chi connectivity index (χ0) is 13.5. The first kappa shape index (κ1) is 14.4. The molecular formula is C12H15FO5. The van der Waals surface area contributed by atoms with Crippen LogP contribution in [-0.2, 0) is 9.53 Å². The number of benzene rings is 1. The molecule has 2 N–H and O–H groups in total. The van der Waals surface area contributed by atoms with Gasteiger partial charge in [0, 0.05) is 6.61 Å². The Morgan fingerprint density at radius 2 is 2.22 bits per heavy atom. The normalized spacial score (nSPS) is 12.2. The van der Waals surface area contributed by atoms with Gasteiger partial charge in [0.05, 0.1) is 13.7 Å². The first-order chi connectivity index (χ1) is 8.60. The number of rotatable bonds is 7. The van der Waals surface area contributed by atoms with Crippen LogP contribution in [0.25, 0.3) is 0 Å². The SMILES string of the molecule is COc1ccc(C(OCCCO)C(=O)O)cc1F. The maximum absolute atomic E-state index is 13.4. The molecule has 0 amide bonds. The molecule has 0 aliphatic carbocycles. The van der Waals surface area contributed by atoms with Gasteiger partial charge in [-0.2, -0.15) is 0 Å². The number of ether oxygens (including phenoxy) is 2. The number of halogens is 1. The number of aliphatic carboxylic acids is 1. The van der Waals surface area contributed by atoms with E-state index >= 15 is 0 Å². The van der Waals surface area contributed by atoms with Gasteiger partial charge in [0.1, 0.15) is 0 Å². The monoisotopic (exact) mass is 258 g/mol. The van der Waals surface area contributed by atoms with Gasteiger partial charge in [-0.1, -0.05) is 6.07 Å². The lowest BCUT2D eigenvalue weighted by Crippen LogP contribution is -2.16. The first-order valence-corrected chi connectivity index (χ1v) is 5.39. The van der Waals surface area contributed by atoms with E-state index in [1.54, 1.807) is 0 Å².